The predicted molar refractivity (Wildman–Crippen MR) is 127 cm³/mol. The Kier molecular flexibility index (Phi) is 6.26. The second-order valence-corrected chi connectivity index (χ2v) is 7.92. The minimum absolute atomic E-state index is 0.272. The van der Waals surface area contributed by atoms with E-state index in [0.717, 1.165) is 17.0 Å². The second-order valence-electron chi connectivity index (χ2n) is 7.92. The predicted octanol–water partition coefficient (Wildman–Crippen LogP) is 3.13. The van der Waals surface area contributed by atoms with Crippen molar-refractivity contribution in [2.24, 2.45) is 0 Å². The molecule has 0 unspecified atom stereocenters. The van der Waals surface area contributed by atoms with E-state index in [1.807, 2.05) is 61.5 Å². The van der Waals surface area contributed by atoms with Gasteiger partial charge in [0.15, 0.2) is 0 Å². The van der Waals surface area contributed by atoms with Crippen LogP contribution in [0.25, 0.3) is 16.6 Å². The highest BCUT2D eigenvalue weighted by Crippen LogP contribution is 2.21. The number of nitrogens with one attached hydrogen (secondary N) is 1. The van der Waals surface area contributed by atoms with Crippen molar-refractivity contribution in [2.45, 2.75) is 33.2 Å². The van der Waals surface area contributed by atoms with Crippen LogP contribution < -0.4 is 15.6 Å². The van der Waals surface area contributed by atoms with Gasteiger partial charge in [-0.1, -0.05) is 36.4 Å². The Morgan fingerprint density at radius 3 is 2.48 bits per heavy atom. The molecule has 2 aromatic carbocycles. The zero-order valence-corrected chi connectivity index (χ0v) is 19.2. The molecule has 0 fully saturated rings. The number of nitrogens with zero attached hydrogens (tertiary/aromatic N) is 4. The quantitative estimate of drug-likeness (QED) is 0.472. The van der Waals surface area contributed by atoms with Gasteiger partial charge >= 0.3 is 0 Å². The van der Waals surface area contributed by atoms with Gasteiger partial charge in [-0.25, -0.2) is 9.36 Å². The van der Waals surface area contributed by atoms with E-state index in [1.165, 1.54) is 4.68 Å². The van der Waals surface area contributed by atoms with Crippen molar-refractivity contribution in [3.05, 3.63) is 81.9 Å². The van der Waals surface area contributed by atoms with Crippen molar-refractivity contribution in [1.29, 1.82) is 0 Å². The summed E-state index contributed by atoms with van der Waals surface area (Å²) in [5.41, 5.74) is 3.38. The van der Waals surface area contributed by atoms with Crippen molar-refractivity contribution in [3.63, 3.8) is 0 Å². The van der Waals surface area contributed by atoms with E-state index >= 15 is 0 Å². The van der Waals surface area contributed by atoms with Crippen LogP contribution in [0.3, 0.4) is 0 Å². The summed E-state index contributed by atoms with van der Waals surface area (Å²) in [7, 11) is 1.62. The number of ether oxygens (including phenoxy) is 1. The molecule has 0 aliphatic rings. The standard InChI is InChI=1S/C25H27N5O3/c1-16-23-22(17(2)29(28-23)20-11-6-5-7-12-20)25(32)30(27-16)18(3)24(31)26-15-14-19-10-8-9-13-21(19)33-4/h5-13,18H,14-15H2,1-4H3,(H,26,31)/t18-/m1/s1. The smallest absolute Gasteiger partial charge is 0.278 e. The van der Waals surface area contributed by atoms with E-state index in [4.69, 9.17) is 4.74 Å². The maximum atomic E-state index is 13.3. The Bertz CT molecular complexity index is 1360. The van der Waals surface area contributed by atoms with Gasteiger partial charge in [-0.2, -0.15) is 10.2 Å². The molecule has 1 amide bonds. The number of methoxy groups -OCH3 is 1. The number of amides is 1. The minimum Gasteiger partial charge on any atom is -0.496 e. The van der Waals surface area contributed by atoms with Gasteiger partial charge in [0.05, 0.1) is 29.6 Å². The number of carbonyl (C=O) groups excluding carboxylic acids is 1. The molecule has 0 aliphatic carbocycles. The fourth-order valence-electron chi connectivity index (χ4n) is 3.95. The molecular formula is C25H27N5O3. The third-order valence-electron chi connectivity index (χ3n) is 5.77. The molecule has 0 spiro atoms. The van der Waals surface area contributed by atoms with Gasteiger partial charge < -0.3 is 10.1 Å². The summed E-state index contributed by atoms with van der Waals surface area (Å²) in [5, 5.41) is 12.4. The lowest BCUT2D eigenvalue weighted by Gasteiger charge is -2.15. The Morgan fingerprint density at radius 2 is 1.76 bits per heavy atom. The molecule has 2 aromatic heterocycles. The molecule has 1 atom stereocenters. The van der Waals surface area contributed by atoms with Crippen LogP contribution in [0.4, 0.5) is 0 Å². The molecule has 4 rings (SSSR count). The Hall–Kier alpha value is -3.94. The molecule has 0 saturated heterocycles. The van der Waals surface area contributed by atoms with E-state index in [1.54, 1.807) is 25.6 Å². The number of aryl methyl sites for hydroxylation is 2. The first-order valence-electron chi connectivity index (χ1n) is 10.9. The largest absolute Gasteiger partial charge is 0.496 e. The third-order valence-corrected chi connectivity index (χ3v) is 5.77. The lowest BCUT2D eigenvalue weighted by molar-refractivity contribution is -0.124. The summed E-state index contributed by atoms with van der Waals surface area (Å²) < 4.78 is 8.35. The number of carbonyl (C=O) groups is 1. The molecule has 2 heterocycles. The van der Waals surface area contributed by atoms with Gasteiger partial charge in [-0.05, 0) is 51.0 Å². The van der Waals surface area contributed by atoms with Crippen LogP contribution in [0.2, 0.25) is 0 Å². The summed E-state index contributed by atoms with van der Waals surface area (Å²) in [5.74, 6) is 0.510. The Labute approximate surface area is 191 Å². The van der Waals surface area contributed by atoms with Crippen LogP contribution >= 0.6 is 0 Å². The van der Waals surface area contributed by atoms with E-state index in [-0.39, 0.29) is 11.5 Å². The number of hydrogen-bond acceptors (Lipinski definition) is 5. The molecule has 33 heavy (non-hydrogen) atoms. The Morgan fingerprint density at radius 1 is 1.06 bits per heavy atom. The molecule has 0 bridgehead atoms. The van der Waals surface area contributed by atoms with Crippen molar-refractivity contribution < 1.29 is 9.53 Å². The fraction of sp³-hybridized carbons (Fsp3) is 0.280. The first-order chi connectivity index (χ1) is 15.9. The number of aromatic nitrogens is 4. The fourth-order valence-corrected chi connectivity index (χ4v) is 3.95. The molecular weight excluding hydrogens is 418 g/mol. The maximum Gasteiger partial charge on any atom is 0.278 e. The highest BCUT2D eigenvalue weighted by Gasteiger charge is 2.23. The van der Waals surface area contributed by atoms with Gasteiger partial charge in [0.2, 0.25) is 5.91 Å². The minimum atomic E-state index is -0.766. The average molecular weight is 446 g/mol. The topological polar surface area (TPSA) is 91.0 Å². The number of fused-ring (bicyclic) bond motifs is 1. The van der Waals surface area contributed by atoms with Crippen LogP contribution in [0.1, 0.15) is 29.9 Å². The molecule has 8 nitrogen and oxygen atoms in total. The van der Waals surface area contributed by atoms with Crippen LogP contribution in [-0.4, -0.2) is 39.1 Å². The van der Waals surface area contributed by atoms with Crippen molar-refractivity contribution in [1.82, 2.24) is 24.9 Å². The van der Waals surface area contributed by atoms with Gasteiger partial charge in [-0.3, -0.25) is 9.59 Å². The average Bonchev–Trinajstić information content (AvgIpc) is 3.19. The first kappa shape index (κ1) is 22.3. The zero-order valence-electron chi connectivity index (χ0n) is 19.2. The summed E-state index contributed by atoms with van der Waals surface area (Å²) in [4.78, 5) is 26.2. The molecule has 0 radical (unpaired) electrons. The monoisotopic (exact) mass is 445 g/mol. The van der Waals surface area contributed by atoms with Crippen molar-refractivity contribution >= 4 is 16.8 Å². The van der Waals surface area contributed by atoms with Crippen LogP contribution in [0.15, 0.2) is 59.4 Å². The molecule has 170 valence electrons. The van der Waals surface area contributed by atoms with Crippen molar-refractivity contribution in [3.8, 4) is 11.4 Å². The molecule has 1 N–H and O–H groups in total. The summed E-state index contributed by atoms with van der Waals surface area (Å²) >= 11 is 0. The maximum absolute atomic E-state index is 13.3. The van der Waals surface area contributed by atoms with Gasteiger partial charge in [-0.15, -0.1) is 0 Å². The van der Waals surface area contributed by atoms with Gasteiger partial charge in [0.1, 0.15) is 17.3 Å². The highest BCUT2D eigenvalue weighted by atomic mass is 16.5. The molecule has 4 aromatic rings. The summed E-state index contributed by atoms with van der Waals surface area (Å²) in [6.07, 6.45) is 0.617. The lowest BCUT2D eigenvalue weighted by Crippen LogP contribution is -2.38. The third kappa shape index (κ3) is 4.24. The number of rotatable bonds is 7. The first-order valence-corrected chi connectivity index (χ1v) is 10.9. The second kappa shape index (κ2) is 9.28. The van der Waals surface area contributed by atoms with Crippen LogP contribution in [0, 0.1) is 13.8 Å². The van der Waals surface area contributed by atoms with E-state index in [9.17, 15) is 9.59 Å². The van der Waals surface area contributed by atoms with Crippen molar-refractivity contribution in [2.75, 3.05) is 13.7 Å². The highest BCUT2D eigenvalue weighted by molar-refractivity contribution is 5.84. The normalized spacial score (nSPS) is 12.0. The Balaban J connectivity index is 1.58. The summed E-state index contributed by atoms with van der Waals surface area (Å²) in [6.45, 7) is 5.75. The van der Waals surface area contributed by atoms with E-state index in [2.05, 4.69) is 15.5 Å². The van der Waals surface area contributed by atoms with Crippen LogP contribution in [0.5, 0.6) is 5.75 Å². The van der Waals surface area contributed by atoms with Gasteiger partial charge in [0.25, 0.3) is 5.56 Å². The lowest BCUT2D eigenvalue weighted by atomic mass is 10.1. The summed E-state index contributed by atoms with van der Waals surface area (Å²) in [6, 6.07) is 16.5. The molecule has 8 heteroatoms. The van der Waals surface area contributed by atoms with Gasteiger partial charge in [0, 0.05) is 6.54 Å². The van der Waals surface area contributed by atoms with Crippen LogP contribution in [-0.2, 0) is 11.2 Å². The number of hydrogen-bond donors (Lipinski definition) is 1. The number of para-hydroxylation sites is 2. The SMILES string of the molecule is COc1ccccc1CCNC(=O)[C@@H](C)n1nc(C)c2nn(-c3ccccc3)c(C)c2c1=O. The van der Waals surface area contributed by atoms with E-state index in [0.29, 0.717) is 35.3 Å². The molecule has 0 aliphatic heterocycles. The van der Waals surface area contributed by atoms with E-state index < -0.39 is 6.04 Å². The molecule has 0 saturated carbocycles. The number of benzene rings is 2. The zero-order chi connectivity index (χ0) is 23.5.